The average molecular weight is 307 g/mol. The number of thioether (sulfide) groups is 1. The Bertz CT molecular complexity index is 564. The number of aromatic nitrogens is 2. The minimum absolute atomic E-state index is 0.0581. The second-order valence-corrected chi connectivity index (χ2v) is 6.85. The molecule has 0 spiro atoms. The van der Waals surface area contributed by atoms with Gasteiger partial charge in [0.2, 0.25) is 5.91 Å². The first kappa shape index (κ1) is 14.6. The van der Waals surface area contributed by atoms with Gasteiger partial charge in [0.05, 0.1) is 6.04 Å². The highest BCUT2D eigenvalue weighted by Crippen LogP contribution is 2.31. The van der Waals surface area contributed by atoms with Gasteiger partial charge >= 0.3 is 0 Å². The molecule has 2 heterocycles. The minimum Gasteiger partial charge on any atom is -0.353 e. The van der Waals surface area contributed by atoms with E-state index >= 15 is 0 Å². The molecule has 1 amide bonds. The largest absolute Gasteiger partial charge is 0.353 e. The van der Waals surface area contributed by atoms with Crippen molar-refractivity contribution < 1.29 is 4.79 Å². The van der Waals surface area contributed by atoms with Crippen LogP contribution in [0.5, 0.6) is 0 Å². The summed E-state index contributed by atoms with van der Waals surface area (Å²) in [7, 11) is 0. The quantitative estimate of drug-likeness (QED) is 0.686. The standard InChI is InChI=1S/C15H21N3O2S/c19-13(17-11-5-3-1-2-4-6-11)9-12-10-21-15-16-8-7-14(20)18(12)15/h7-8,11-12H,1-6,9-10H2,(H,17,19)/t12-/m0/s1. The molecule has 1 saturated carbocycles. The van der Waals surface area contributed by atoms with Crippen LogP contribution in [0, 0.1) is 0 Å². The van der Waals surface area contributed by atoms with Crippen molar-refractivity contribution in [3.63, 3.8) is 0 Å². The van der Waals surface area contributed by atoms with Gasteiger partial charge in [0.1, 0.15) is 0 Å². The van der Waals surface area contributed by atoms with Crippen LogP contribution >= 0.6 is 11.8 Å². The van der Waals surface area contributed by atoms with E-state index in [9.17, 15) is 9.59 Å². The molecule has 0 bridgehead atoms. The Hall–Kier alpha value is -1.30. The Balaban J connectivity index is 1.60. The lowest BCUT2D eigenvalue weighted by molar-refractivity contribution is -0.122. The summed E-state index contributed by atoms with van der Waals surface area (Å²) in [4.78, 5) is 28.4. The third-order valence-electron chi connectivity index (χ3n) is 4.26. The normalized spacial score (nSPS) is 22.6. The molecule has 1 atom stereocenters. The summed E-state index contributed by atoms with van der Waals surface area (Å²) >= 11 is 1.55. The van der Waals surface area contributed by atoms with Crippen molar-refractivity contribution in [2.24, 2.45) is 0 Å². The van der Waals surface area contributed by atoms with Crippen molar-refractivity contribution in [3.05, 3.63) is 22.6 Å². The fraction of sp³-hybridized carbons (Fsp3) is 0.667. The highest BCUT2D eigenvalue weighted by molar-refractivity contribution is 7.99. The molecule has 1 aliphatic carbocycles. The molecule has 114 valence electrons. The predicted octanol–water partition coefficient (Wildman–Crippen LogP) is 2.12. The first-order valence-corrected chi connectivity index (χ1v) is 8.72. The van der Waals surface area contributed by atoms with E-state index in [1.807, 2.05) is 0 Å². The van der Waals surface area contributed by atoms with Gasteiger partial charge in [-0.25, -0.2) is 4.98 Å². The smallest absolute Gasteiger partial charge is 0.254 e. The van der Waals surface area contributed by atoms with E-state index in [1.165, 1.54) is 37.9 Å². The van der Waals surface area contributed by atoms with Crippen LogP contribution in [-0.2, 0) is 4.79 Å². The molecule has 2 aliphatic rings. The van der Waals surface area contributed by atoms with Crippen LogP contribution in [0.15, 0.2) is 22.2 Å². The van der Waals surface area contributed by atoms with Gasteiger partial charge in [-0.1, -0.05) is 37.4 Å². The van der Waals surface area contributed by atoms with E-state index < -0.39 is 0 Å². The zero-order valence-corrected chi connectivity index (χ0v) is 12.9. The summed E-state index contributed by atoms with van der Waals surface area (Å²) in [6.07, 6.45) is 9.05. The van der Waals surface area contributed by atoms with Crippen LogP contribution < -0.4 is 10.9 Å². The van der Waals surface area contributed by atoms with Gasteiger partial charge in [-0.05, 0) is 12.8 Å². The number of carbonyl (C=O) groups excluding carboxylic acids is 1. The lowest BCUT2D eigenvalue weighted by Gasteiger charge is -2.18. The molecule has 1 aromatic heterocycles. The predicted molar refractivity (Wildman–Crippen MR) is 82.5 cm³/mol. The highest BCUT2D eigenvalue weighted by atomic mass is 32.2. The zero-order valence-electron chi connectivity index (χ0n) is 12.1. The Morgan fingerprint density at radius 2 is 2.10 bits per heavy atom. The molecule has 0 radical (unpaired) electrons. The fourth-order valence-corrected chi connectivity index (χ4v) is 4.29. The lowest BCUT2D eigenvalue weighted by Crippen LogP contribution is -2.36. The molecule has 1 aromatic rings. The highest BCUT2D eigenvalue weighted by Gasteiger charge is 2.27. The van der Waals surface area contributed by atoms with Crippen molar-refractivity contribution in [1.29, 1.82) is 0 Å². The van der Waals surface area contributed by atoms with Crippen LogP contribution in [0.1, 0.15) is 51.0 Å². The van der Waals surface area contributed by atoms with Gasteiger partial charge in [-0.3, -0.25) is 14.2 Å². The van der Waals surface area contributed by atoms with E-state index in [4.69, 9.17) is 0 Å². The molecule has 3 rings (SSSR count). The van der Waals surface area contributed by atoms with Crippen molar-refractivity contribution in [2.75, 3.05) is 5.75 Å². The number of amides is 1. The Morgan fingerprint density at radius 1 is 1.33 bits per heavy atom. The van der Waals surface area contributed by atoms with Crippen molar-refractivity contribution >= 4 is 17.7 Å². The summed E-state index contributed by atoms with van der Waals surface area (Å²) in [5.74, 6) is 0.820. The number of rotatable bonds is 3. The van der Waals surface area contributed by atoms with E-state index in [-0.39, 0.29) is 17.5 Å². The van der Waals surface area contributed by atoms with Gasteiger partial charge in [0.25, 0.3) is 5.56 Å². The summed E-state index contributed by atoms with van der Waals surface area (Å²) in [6, 6.07) is 1.72. The molecular weight excluding hydrogens is 286 g/mol. The number of fused-ring (bicyclic) bond motifs is 1. The third-order valence-corrected chi connectivity index (χ3v) is 5.37. The van der Waals surface area contributed by atoms with Gasteiger partial charge in [0.15, 0.2) is 5.16 Å². The number of carbonyl (C=O) groups is 1. The second kappa shape index (κ2) is 6.64. The lowest BCUT2D eigenvalue weighted by atomic mass is 10.1. The van der Waals surface area contributed by atoms with Crippen LogP contribution in [0.4, 0.5) is 0 Å². The first-order valence-electron chi connectivity index (χ1n) is 7.74. The molecule has 1 fully saturated rings. The molecular formula is C15H21N3O2S. The minimum atomic E-state index is -0.0584. The maximum absolute atomic E-state index is 12.2. The maximum atomic E-state index is 12.2. The monoisotopic (exact) mass is 307 g/mol. The first-order chi connectivity index (χ1) is 10.2. The molecule has 6 heteroatoms. The molecule has 0 saturated heterocycles. The maximum Gasteiger partial charge on any atom is 0.254 e. The van der Waals surface area contributed by atoms with Gasteiger partial charge in [-0.2, -0.15) is 0 Å². The number of hydrogen-bond donors (Lipinski definition) is 1. The third kappa shape index (κ3) is 3.48. The number of hydrogen-bond acceptors (Lipinski definition) is 4. The van der Waals surface area contributed by atoms with Gasteiger partial charge in [0, 0.05) is 30.5 Å². The summed E-state index contributed by atoms with van der Waals surface area (Å²) in [5.41, 5.74) is -0.0581. The molecule has 0 aromatic carbocycles. The zero-order chi connectivity index (χ0) is 14.7. The van der Waals surface area contributed by atoms with Gasteiger partial charge < -0.3 is 5.32 Å². The molecule has 5 nitrogen and oxygen atoms in total. The molecule has 1 N–H and O–H groups in total. The van der Waals surface area contributed by atoms with E-state index in [0.717, 1.165) is 23.8 Å². The molecule has 21 heavy (non-hydrogen) atoms. The van der Waals surface area contributed by atoms with E-state index in [0.29, 0.717) is 12.5 Å². The van der Waals surface area contributed by atoms with Crippen molar-refractivity contribution in [1.82, 2.24) is 14.9 Å². The summed E-state index contributed by atoms with van der Waals surface area (Å²) in [6.45, 7) is 0. The Morgan fingerprint density at radius 3 is 2.86 bits per heavy atom. The summed E-state index contributed by atoms with van der Waals surface area (Å²) in [5, 5.41) is 3.88. The van der Waals surface area contributed by atoms with Crippen LogP contribution in [-0.4, -0.2) is 27.3 Å². The number of nitrogens with one attached hydrogen (secondary N) is 1. The fourth-order valence-electron chi connectivity index (χ4n) is 3.16. The Labute approximate surface area is 128 Å². The molecule has 1 aliphatic heterocycles. The Kier molecular flexibility index (Phi) is 4.63. The van der Waals surface area contributed by atoms with Crippen LogP contribution in [0.3, 0.4) is 0 Å². The molecule has 0 unspecified atom stereocenters. The summed E-state index contributed by atoms with van der Waals surface area (Å²) < 4.78 is 1.66. The topological polar surface area (TPSA) is 64.0 Å². The number of nitrogens with zero attached hydrogens (tertiary/aromatic N) is 2. The van der Waals surface area contributed by atoms with Crippen molar-refractivity contribution in [2.45, 2.75) is 62.2 Å². The van der Waals surface area contributed by atoms with E-state index in [1.54, 1.807) is 16.3 Å². The van der Waals surface area contributed by atoms with Crippen LogP contribution in [0.25, 0.3) is 0 Å². The van der Waals surface area contributed by atoms with Gasteiger partial charge in [-0.15, -0.1) is 0 Å². The average Bonchev–Trinajstić information content (AvgIpc) is 2.69. The van der Waals surface area contributed by atoms with Crippen molar-refractivity contribution in [3.8, 4) is 0 Å². The second-order valence-electron chi connectivity index (χ2n) is 5.86. The SMILES string of the molecule is O=C(C[C@H]1CSc2nccc(=O)n21)NC1CCCCCC1. The van der Waals surface area contributed by atoms with Crippen LogP contribution in [0.2, 0.25) is 0 Å². The van der Waals surface area contributed by atoms with E-state index in [2.05, 4.69) is 10.3 Å².